The molecule has 0 saturated heterocycles. The number of halogens is 1. The van der Waals surface area contributed by atoms with Gasteiger partial charge < -0.3 is 0 Å². The lowest BCUT2D eigenvalue weighted by atomic mass is 10.0. The van der Waals surface area contributed by atoms with E-state index in [2.05, 4.69) is 0 Å². The molecule has 0 unspecified atom stereocenters. The minimum atomic E-state index is -0.500. The molecule has 0 aliphatic carbocycles. The summed E-state index contributed by atoms with van der Waals surface area (Å²) in [6.45, 7) is 1.57. The van der Waals surface area contributed by atoms with Gasteiger partial charge in [0.25, 0.3) is 5.69 Å². The van der Waals surface area contributed by atoms with Gasteiger partial charge in [0, 0.05) is 23.6 Å². The third kappa shape index (κ3) is 2.88. The molecule has 4 nitrogen and oxygen atoms in total. The highest BCUT2D eigenvalue weighted by molar-refractivity contribution is 5.98. The number of ketones is 1. The zero-order chi connectivity index (χ0) is 14.7. The van der Waals surface area contributed by atoms with Gasteiger partial charge in [0.05, 0.1) is 4.92 Å². The minimum Gasteiger partial charge on any atom is -0.294 e. The number of nitro groups is 1. The Hall–Kier alpha value is -2.56. The van der Waals surface area contributed by atoms with Crippen molar-refractivity contribution in [3.63, 3.8) is 0 Å². The first-order valence-electron chi connectivity index (χ1n) is 6.00. The van der Waals surface area contributed by atoms with Crippen LogP contribution in [-0.4, -0.2) is 10.7 Å². The number of hydrogen-bond acceptors (Lipinski definition) is 3. The highest BCUT2D eigenvalue weighted by atomic mass is 19.1. The van der Waals surface area contributed by atoms with E-state index in [1.807, 2.05) is 0 Å². The summed E-state index contributed by atoms with van der Waals surface area (Å²) >= 11 is 0. The molecule has 0 aliphatic rings. The molecule has 102 valence electrons. The maximum Gasteiger partial charge on any atom is 0.272 e. The largest absolute Gasteiger partial charge is 0.294 e. The molecule has 20 heavy (non-hydrogen) atoms. The molecular weight excluding hydrogens is 261 g/mol. The first-order valence-corrected chi connectivity index (χ1v) is 6.00. The smallest absolute Gasteiger partial charge is 0.272 e. The lowest BCUT2D eigenvalue weighted by Crippen LogP contribution is -2.06. The fourth-order valence-electron chi connectivity index (χ4n) is 1.95. The summed E-state index contributed by atoms with van der Waals surface area (Å²) in [6.07, 6.45) is -0.0656. The zero-order valence-electron chi connectivity index (χ0n) is 10.8. The second-order valence-corrected chi connectivity index (χ2v) is 4.45. The third-order valence-corrected chi connectivity index (χ3v) is 3.02. The van der Waals surface area contributed by atoms with Crippen molar-refractivity contribution in [1.82, 2.24) is 0 Å². The number of benzene rings is 2. The number of carbonyl (C=O) groups is 1. The molecule has 0 aromatic heterocycles. The summed E-state index contributed by atoms with van der Waals surface area (Å²) in [6, 6.07) is 10.2. The molecule has 0 heterocycles. The molecule has 2 rings (SSSR count). The number of nitro benzene ring substituents is 1. The van der Waals surface area contributed by atoms with Crippen LogP contribution in [0.15, 0.2) is 42.5 Å². The van der Waals surface area contributed by atoms with Crippen LogP contribution in [-0.2, 0) is 6.42 Å². The van der Waals surface area contributed by atoms with Gasteiger partial charge in [-0.25, -0.2) is 4.39 Å². The van der Waals surface area contributed by atoms with Crippen LogP contribution in [0, 0.1) is 22.9 Å². The molecule has 0 N–H and O–H groups in total. The van der Waals surface area contributed by atoms with Gasteiger partial charge in [-0.2, -0.15) is 0 Å². The summed E-state index contributed by atoms with van der Waals surface area (Å²) in [5, 5.41) is 10.7. The number of hydrogen-bond donors (Lipinski definition) is 0. The van der Waals surface area contributed by atoms with Crippen molar-refractivity contribution < 1.29 is 14.1 Å². The Kier molecular flexibility index (Phi) is 3.89. The quantitative estimate of drug-likeness (QED) is 0.487. The number of Topliss-reactive ketones (excluding diaryl/α,β-unsaturated/α-hetero) is 1. The molecule has 0 bridgehead atoms. The standard InChI is InChI=1S/C15H12FNO3/c1-10-8-12(6-7-14(10)17(19)20)15(18)9-11-4-2-3-5-13(11)16/h2-8H,9H2,1H3. The molecule has 0 aliphatic heterocycles. The van der Waals surface area contributed by atoms with E-state index in [9.17, 15) is 19.3 Å². The second-order valence-electron chi connectivity index (χ2n) is 4.45. The molecule has 0 atom stereocenters. The highest BCUT2D eigenvalue weighted by Crippen LogP contribution is 2.20. The van der Waals surface area contributed by atoms with Crippen molar-refractivity contribution in [3.05, 3.63) is 75.1 Å². The van der Waals surface area contributed by atoms with E-state index in [0.717, 1.165) is 0 Å². The minimum absolute atomic E-state index is 0.0348. The van der Waals surface area contributed by atoms with E-state index in [1.54, 1.807) is 25.1 Å². The van der Waals surface area contributed by atoms with E-state index in [-0.39, 0.29) is 17.9 Å². The maximum absolute atomic E-state index is 13.5. The monoisotopic (exact) mass is 273 g/mol. The van der Waals surface area contributed by atoms with Crippen molar-refractivity contribution in [1.29, 1.82) is 0 Å². The van der Waals surface area contributed by atoms with Crippen LogP contribution in [0.4, 0.5) is 10.1 Å². The summed E-state index contributed by atoms with van der Waals surface area (Å²) in [4.78, 5) is 22.3. The molecule has 5 heteroatoms. The molecule has 0 radical (unpaired) electrons. The number of carbonyl (C=O) groups excluding carboxylic acids is 1. The normalized spacial score (nSPS) is 10.3. The molecule has 0 spiro atoms. The van der Waals surface area contributed by atoms with Crippen molar-refractivity contribution in [2.45, 2.75) is 13.3 Å². The van der Waals surface area contributed by atoms with Crippen molar-refractivity contribution in [3.8, 4) is 0 Å². The van der Waals surface area contributed by atoms with Gasteiger partial charge in [-0.05, 0) is 30.7 Å². The van der Waals surface area contributed by atoms with Gasteiger partial charge in [-0.15, -0.1) is 0 Å². The van der Waals surface area contributed by atoms with Crippen LogP contribution < -0.4 is 0 Å². The Morgan fingerprint density at radius 1 is 1.25 bits per heavy atom. The Morgan fingerprint density at radius 3 is 2.55 bits per heavy atom. The fraction of sp³-hybridized carbons (Fsp3) is 0.133. The van der Waals surface area contributed by atoms with Gasteiger partial charge >= 0.3 is 0 Å². The number of rotatable bonds is 4. The van der Waals surface area contributed by atoms with E-state index >= 15 is 0 Å². The summed E-state index contributed by atoms with van der Waals surface area (Å²) in [5.41, 5.74) is 1.03. The van der Waals surface area contributed by atoms with Crippen molar-refractivity contribution in [2.75, 3.05) is 0 Å². The van der Waals surface area contributed by atoms with Crippen LogP contribution in [0.5, 0.6) is 0 Å². The number of nitrogens with zero attached hydrogens (tertiary/aromatic N) is 1. The first kappa shape index (κ1) is 13.9. The van der Waals surface area contributed by atoms with Crippen molar-refractivity contribution in [2.24, 2.45) is 0 Å². The van der Waals surface area contributed by atoms with E-state index in [0.29, 0.717) is 16.7 Å². The van der Waals surface area contributed by atoms with Crippen LogP contribution in [0.1, 0.15) is 21.5 Å². The lowest BCUT2D eigenvalue weighted by molar-refractivity contribution is -0.385. The molecule has 0 amide bonds. The van der Waals surface area contributed by atoms with Gasteiger partial charge in [0.2, 0.25) is 0 Å². The third-order valence-electron chi connectivity index (χ3n) is 3.02. The molecule has 2 aromatic rings. The van der Waals surface area contributed by atoms with Crippen LogP contribution in [0.3, 0.4) is 0 Å². The zero-order valence-corrected chi connectivity index (χ0v) is 10.8. The molecule has 2 aromatic carbocycles. The van der Waals surface area contributed by atoms with Gasteiger partial charge in [0.15, 0.2) is 5.78 Å². The van der Waals surface area contributed by atoms with Gasteiger partial charge in [-0.3, -0.25) is 14.9 Å². The van der Waals surface area contributed by atoms with Crippen molar-refractivity contribution >= 4 is 11.5 Å². The SMILES string of the molecule is Cc1cc(C(=O)Cc2ccccc2F)ccc1[N+](=O)[O-]. The summed E-state index contributed by atoms with van der Waals surface area (Å²) in [5.74, 6) is -0.701. The molecule has 0 fully saturated rings. The topological polar surface area (TPSA) is 60.2 Å². The Labute approximate surface area is 115 Å². The number of aryl methyl sites for hydroxylation is 1. The molecular formula is C15H12FNO3. The van der Waals surface area contributed by atoms with E-state index < -0.39 is 10.7 Å². The van der Waals surface area contributed by atoms with E-state index in [4.69, 9.17) is 0 Å². The first-order chi connectivity index (χ1) is 9.49. The van der Waals surface area contributed by atoms with Crippen LogP contribution in [0.2, 0.25) is 0 Å². The van der Waals surface area contributed by atoms with Gasteiger partial charge in [-0.1, -0.05) is 18.2 Å². The Morgan fingerprint density at radius 2 is 1.95 bits per heavy atom. The predicted octanol–water partition coefficient (Wildman–Crippen LogP) is 3.47. The van der Waals surface area contributed by atoms with Crippen LogP contribution in [0.25, 0.3) is 0 Å². The van der Waals surface area contributed by atoms with E-state index in [1.165, 1.54) is 24.3 Å². The van der Waals surface area contributed by atoms with Crippen LogP contribution >= 0.6 is 0 Å². The summed E-state index contributed by atoms with van der Waals surface area (Å²) in [7, 11) is 0. The Bertz CT molecular complexity index is 683. The average Bonchev–Trinajstić information content (AvgIpc) is 2.40. The predicted molar refractivity (Wildman–Crippen MR) is 72.3 cm³/mol. The molecule has 0 saturated carbocycles. The fourth-order valence-corrected chi connectivity index (χ4v) is 1.95. The Balaban J connectivity index is 2.24. The second kappa shape index (κ2) is 5.61. The summed E-state index contributed by atoms with van der Waals surface area (Å²) < 4.78 is 13.5. The highest BCUT2D eigenvalue weighted by Gasteiger charge is 2.15. The lowest BCUT2D eigenvalue weighted by Gasteiger charge is -2.04. The maximum atomic E-state index is 13.5. The van der Waals surface area contributed by atoms with Gasteiger partial charge in [0.1, 0.15) is 5.82 Å². The average molecular weight is 273 g/mol.